The lowest BCUT2D eigenvalue weighted by Gasteiger charge is -2.02. The molecular weight excluding hydrogens is 334 g/mol. The molecule has 0 radical (unpaired) electrons. The Balaban J connectivity index is 1.69. The van der Waals surface area contributed by atoms with Crippen molar-refractivity contribution >= 4 is 32.6 Å². The lowest BCUT2D eigenvalue weighted by atomic mass is 10.1. The average molecular weight is 349 g/mol. The first-order chi connectivity index (χ1) is 12.1. The van der Waals surface area contributed by atoms with Crippen LogP contribution in [0, 0.1) is 13.8 Å². The van der Waals surface area contributed by atoms with Crippen molar-refractivity contribution in [1.29, 1.82) is 0 Å². The Morgan fingerprint density at radius 3 is 2.64 bits per heavy atom. The van der Waals surface area contributed by atoms with Crippen molar-refractivity contribution < 1.29 is 9.32 Å². The molecule has 2 aromatic carbocycles. The molecule has 124 valence electrons. The summed E-state index contributed by atoms with van der Waals surface area (Å²) in [6, 6.07) is 15.5. The molecule has 1 amide bonds. The molecule has 2 heterocycles. The van der Waals surface area contributed by atoms with Crippen LogP contribution in [0.2, 0.25) is 0 Å². The number of hydrogen-bond donors (Lipinski definition) is 1. The summed E-state index contributed by atoms with van der Waals surface area (Å²) in [5.41, 5.74) is 3.80. The molecule has 0 saturated heterocycles. The summed E-state index contributed by atoms with van der Waals surface area (Å²) in [6.45, 7) is 3.74. The zero-order valence-corrected chi connectivity index (χ0v) is 14.6. The molecule has 0 bridgehead atoms. The van der Waals surface area contributed by atoms with E-state index < -0.39 is 0 Å². The minimum Gasteiger partial charge on any atom is -0.360 e. The fourth-order valence-electron chi connectivity index (χ4n) is 2.73. The van der Waals surface area contributed by atoms with Gasteiger partial charge in [-0.15, -0.1) is 0 Å². The van der Waals surface area contributed by atoms with Crippen LogP contribution in [0.3, 0.4) is 0 Å². The Hall–Kier alpha value is -2.99. The number of hydrogen-bond acceptors (Lipinski definition) is 5. The molecule has 0 spiro atoms. The summed E-state index contributed by atoms with van der Waals surface area (Å²) in [5.74, 6) is 0.211. The quantitative estimate of drug-likeness (QED) is 0.576. The number of aromatic nitrogens is 2. The van der Waals surface area contributed by atoms with Gasteiger partial charge in [-0.25, -0.2) is 4.98 Å². The highest BCUT2D eigenvalue weighted by atomic mass is 32.1. The van der Waals surface area contributed by atoms with Crippen molar-refractivity contribution in [2.24, 2.45) is 0 Å². The van der Waals surface area contributed by atoms with Crippen molar-refractivity contribution in [2.75, 3.05) is 5.32 Å². The van der Waals surface area contributed by atoms with Gasteiger partial charge in [-0.1, -0.05) is 59.0 Å². The molecule has 0 aliphatic carbocycles. The molecule has 4 rings (SSSR count). The van der Waals surface area contributed by atoms with Gasteiger partial charge in [0.1, 0.15) is 17.0 Å². The molecule has 0 atom stereocenters. The van der Waals surface area contributed by atoms with Gasteiger partial charge in [-0.05, 0) is 25.5 Å². The monoisotopic (exact) mass is 349 g/mol. The summed E-state index contributed by atoms with van der Waals surface area (Å²) >= 11 is 1.45. The van der Waals surface area contributed by atoms with Gasteiger partial charge in [-0.2, -0.15) is 0 Å². The van der Waals surface area contributed by atoms with Crippen molar-refractivity contribution in [3.8, 4) is 11.3 Å². The number of anilines is 1. The first-order valence-electron chi connectivity index (χ1n) is 7.82. The lowest BCUT2D eigenvalue weighted by molar-refractivity contribution is 0.102. The van der Waals surface area contributed by atoms with E-state index in [0.717, 1.165) is 21.3 Å². The minimum atomic E-state index is -0.269. The second-order valence-corrected chi connectivity index (χ2v) is 6.75. The number of nitrogens with one attached hydrogen (secondary N) is 1. The van der Waals surface area contributed by atoms with Gasteiger partial charge < -0.3 is 4.52 Å². The van der Waals surface area contributed by atoms with E-state index in [2.05, 4.69) is 15.5 Å². The first kappa shape index (κ1) is 15.5. The molecule has 25 heavy (non-hydrogen) atoms. The average Bonchev–Trinajstić information content (AvgIpc) is 3.19. The van der Waals surface area contributed by atoms with Gasteiger partial charge in [0.25, 0.3) is 5.91 Å². The third-order valence-corrected chi connectivity index (χ3v) is 4.91. The molecule has 0 fully saturated rings. The van der Waals surface area contributed by atoms with Crippen molar-refractivity contribution in [2.45, 2.75) is 13.8 Å². The Morgan fingerprint density at radius 1 is 1.08 bits per heavy atom. The minimum absolute atomic E-state index is 0.269. The number of carbonyl (C=O) groups is 1. The van der Waals surface area contributed by atoms with Crippen LogP contribution in [-0.4, -0.2) is 16.0 Å². The van der Waals surface area contributed by atoms with Crippen LogP contribution in [0.4, 0.5) is 5.13 Å². The lowest BCUT2D eigenvalue weighted by Crippen LogP contribution is -2.13. The Labute approximate surface area is 148 Å². The van der Waals surface area contributed by atoms with Gasteiger partial charge in [0.05, 0.1) is 10.2 Å². The SMILES string of the molecule is Cc1onc(-c2ccccc2)c1C(=O)Nc1nc2c(C)cccc2s1. The third kappa shape index (κ3) is 2.81. The van der Waals surface area contributed by atoms with E-state index in [0.29, 0.717) is 22.1 Å². The Kier molecular flexibility index (Phi) is 3.82. The van der Waals surface area contributed by atoms with Gasteiger partial charge in [0.2, 0.25) is 0 Å². The summed E-state index contributed by atoms with van der Waals surface area (Å²) < 4.78 is 6.30. The zero-order valence-electron chi connectivity index (χ0n) is 13.7. The molecular formula is C19H15N3O2S. The molecule has 0 saturated carbocycles. The second-order valence-electron chi connectivity index (χ2n) is 5.72. The molecule has 0 aliphatic rings. The number of aryl methyl sites for hydroxylation is 2. The molecule has 0 unspecified atom stereocenters. The Bertz CT molecular complexity index is 1070. The van der Waals surface area contributed by atoms with Crippen LogP contribution in [0.25, 0.3) is 21.5 Å². The van der Waals surface area contributed by atoms with Crippen LogP contribution in [0.15, 0.2) is 53.1 Å². The van der Waals surface area contributed by atoms with Gasteiger partial charge in [0.15, 0.2) is 5.13 Å². The number of nitrogens with zero attached hydrogens (tertiary/aromatic N) is 2. The predicted octanol–water partition coefficient (Wildman–Crippen LogP) is 4.82. The highest BCUT2D eigenvalue weighted by molar-refractivity contribution is 7.22. The van der Waals surface area contributed by atoms with E-state index in [-0.39, 0.29) is 5.91 Å². The van der Waals surface area contributed by atoms with Crippen molar-refractivity contribution in [3.63, 3.8) is 0 Å². The molecule has 5 nitrogen and oxygen atoms in total. The standard InChI is InChI=1S/C19H15N3O2S/c1-11-7-6-10-14-16(11)20-19(25-14)21-18(23)15-12(2)24-22-17(15)13-8-4-3-5-9-13/h3-10H,1-2H3,(H,20,21,23). The number of thiazole rings is 1. The fraction of sp³-hybridized carbons (Fsp3) is 0.105. The van der Waals surface area contributed by atoms with Crippen molar-refractivity contribution in [1.82, 2.24) is 10.1 Å². The molecule has 4 aromatic rings. The van der Waals surface area contributed by atoms with E-state index in [9.17, 15) is 4.79 Å². The van der Waals surface area contributed by atoms with Crippen LogP contribution >= 0.6 is 11.3 Å². The summed E-state index contributed by atoms with van der Waals surface area (Å²) in [4.78, 5) is 17.3. The summed E-state index contributed by atoms with van der Waals surface area (Å²) in [6.07, 6.45) is 0. The summed E-state index contributed by atoms with van der Waals surface area (Å²) in [7, 11) is 0. The van der Waals surface area contributed by atoms with E-state index in [1.807, 2.05) is 55.5 Å². The van der Waals surface area contributed by atoms with E-state index in [1.165, 1.54) is 11.3 Å². The van der Waals surface area contributed by atoms with Gasteiger partial charge >= 0.3 is 0 Å². The number of rotatable bonds is 3. The first-order valence-corrected chi connectivity index (χ1v) is 8.64. The van der Waals surface area contributed by atoms with Crippen LogP contribution < -0.4 is 5.32 Å². The van der Waals surface area contributed by atoms with Crippen LogP contribution in [0.5, 0.6) is 0 Å². The fourth-order valence-corrected chi connectivity index (χ4v) is 3.67. The van der Waals surface area contributed by atoms with Crippen LogP contribution in [0.1, 0.15) is 21.7 Å². The molecule has 2 aromatic heterocycles. The molecule has 0 aliphatic heterocycles. The largest absolute Gasteiger partial charge is 0.360 e. The number of fused-ring (bicyclic) bond motifs is 1. The van der Waals surface area contributed by atoms with E-state index in [4.69, 9.17) is 4.52 Å². The maximum atomic E-state index is 12.8. The number of carbonyl (C=O) groups excluding carboxylic acids is 1. The number of amides is 1. The maximum absolute atomic E-state index is 12.8. The van der Waals surface area contributed by atoms with E-state index in [1.54, 1.807) is 6.92 Å². The maximum Gasteiger partial charge on any atom is 0.263 e. The third-order valence-electron chi connectivity index (χ3n) is 3.98. The topological polar surface area (TPSA) is 68.0 Å². The number of para-hydroxylation sites is 1. The highest BCUT2D eigenvalue weighted by Crippen LogP contribution is 2.30. The Morgan fingerprint density at radius 2 is 1.88 bits per heavy atom. The smallest absolute Gasteiger partial charge is 0.263 e. The number of benzene rings is 2. The molecule has 6 heteroatoms. The predicted molar refractivity (Wildman–Crippen MR) is 99.0 cm³/mol. The highest BCUT2D eigenvalue weighted by Gasteiger charge is 2.22. The van der Waals surface area contributed by atoms with Crippen LogP contribution in [-0.2, 0) is 0 Å². The normalized spacial score (nSPS) is 11.0. The van der Waals surface area contributed by atoms with Gasteiger partial charge in [0, 0.05) is 5.56 Å². The zero-order chi connectivity index (χ0) is 17.4. The summed E-state index contributed by atoms with van der Waals surface area (Å²) in [5, 5.41) is 7.50. The van der Waals surface area contributed by atoms with Crippen molar-refractivity contribution in [3.05, 3.63) is 65.4 Å². The molecule has 1 N–H and O–H groups in total. The van der Waals surface area contributed by atoms with E-state index >= 15 is 0 Å². The van der Waals surface area contributed by atoms with Gasteiger partial charge in [-0.3, -0.25) is 10.1 Å². The second kappa shape index (κ2) is 6.14.